The first-order valence-corrected chi connectivity index (χ1v) is 11.9. The Morgan fingerprint density at radius 2 is 1.38 bits per heavy atom. The molecule has 146 valence electrons. The van der Waals surface area contributed by atoms with E-state index in [1.54, 1.807) is 11.3 Å². The molecule has 0 amide bonds. The molecule has 1 aliphatic carbocycles. The van der Waals surface area contributed by atoms with Crippen LogP contribution in [0.15, 0.2) is 17.5 Å². The zero-order chi connectivity index (χ0) is 17.8. The lowest BCUT2D eigenvalue weighted by atomic mass is 9.67. The largest absolute Gasteiger partial charge is 0.384 e. The van der Waals surface area contributed by atoms with E-state index in [2.05, 4.69) is 27.3 Å². The van der Waals surface area contributed by atoms with Gasteiger partial charge in [0, 0.05) is 29.8 Å². The fraction of sp³-hybridized carbons (Fsp3) is 0.818. The molecule has 0 bridgehead atoms. The molecule has 1 N–H and O–H groups in total. The van der Waals surface area contributed by atoms with Crippen LogP contribution in [-0.2, 0) is 5.60 Å². The first-order valence-electron chi connectivity index (χ1n) is 11.0. The number of hydrogen-bond donors (Lipinski definition) is 1. The second kappa shape index (κ2) is 8.72. The molecule has 2 saturated heterocycles. The first-order chi connectivity index (χ1) is 12.8. The third-order valence-electron chi connectivity index (χ3n) is 7.12. The molecule has 1 saturated carbocycles. The number of nitrogens with zero attached hydrogens (tertiary/aromatic N) is 2. The Bertz CT molecular complexity index is 506. The smallest absolute Gasteiger partial charge is 0.107 e. The molecule has 3 aliphatic rings. The van der Waals surface area contributed by atoms with Crippen molar-refractivity contribution in [1.29, 1.82) is 0 Å². The van der Waals surface area contributed by atoms with Crippen molar-refractivity contribution in [2.24, 2.45) is 11.8 Å². The minimum absolute atomic E-state index is 0.391. The molecule has 4 rings (SSSR count). The summed E-state index contributed by atoms with van der Waals surface area (Å²) in [5, 5.41) is 14.3. The van der Waals surface area contributed by atoms with E-state index < -0.39 is 5.60 Å². The van der Waals surface area contributed by atoms with Gasteiger partial charge in [-0.2, -0.15) is 0 Å². The summed E-state index contributed by atoms with van der Waals surface area (Å²) < 4.78 is 0. The van der Waals surface area contributed by atoms with E-state index >= 15 is 0 Å². The summed E-state index contributed by atoms with van der Waals surface area (Å²) in [6.45, 7) is 7.10. The SMILES string of the molecule is OC1(c2cccs2)C(CN2CCCCC2)CCCC1CN1CCCCC1. The van der Waals surface area contributed by atoms with E-state index in [0.717, 1.165) is 13.1 Å². The Hall–Kier alpha value is -0.420. The van der Waals surface area contributed by atoms with Gasteiger partial charge in [-0.3, -0.25) is 0 Å². The summed E-state index contributed by atoms with van der Waals surface area (Å²) in [6, 6.07) is 4.32. The van der Waals surface area contributed by atoms with Crippen molar-refractivity contribution < 1.29 is 5.11 Å². The van der Waals surface area contributed by atoms with Gasteiger partial charge in [-0.05, 0) is 76.2 Å². The topological polar surface area (TPSA) is 26.7 Å². The maximum atomic E-state index is 12.2. The van der Waals surface area contributed by atoms with E-state index in [1.807, 2.05) is 0 Å². The van der Waals surface area contributed by atoms with Crippen LogP contribution in [0.5, 0.6) is 0 Å². The van der Waals surface area contributed by atoms with Crippen molar-refractivity contribution in [3.8, 4) is 0 Å². The van der Waals surface area contributed by atoms with Crippen LogP contribution in [-0.4, -0.2) is 54.2 Å². The third kappa shape index (κ3) is 4.04. The van der Waals surface area contributed by atoms with Crippen molar-refractivity contribution in [2.45, 2.75) is 63.4 Å². The van der Waals surface area contributed by atoms with Crippen molar-refractivity contribution in [2.75, 3.05) is 39.3 Å². The fourth-order valence-corrected chi connectivity index (χ4v) is 6.64. The lowest BCUT2D eigenvalue weighted by molar-refractivity contribution is -0.117. The predicted molar refractivity (Wildman–Crippen MR) is 110 cm³/mol. The number of aliphatic hydroxyl groups is 1. The van der Waals surface area contributed by atoms with Crippen molar-refractivity contribution >= 4 is 11.3 Å². The van der Waals surface area contributed by atoms with Crippen LogP contribution in [0, 0.1) is 11.8 Å². The number of rotatable bonds is 5. The number of piperidine rings is 2. The van der Waals surface area contributed by atoms with Crippen LogP contribution in [0.4, 0.5) is 0 Å². The Balaban J connectivity index is 1.53. The highest BCUT2D eigenvalue weighted by atomic mass is 32.1. The van der Waals surface area contributed by atoms with E-state index in [0.29, 0.717) is 11.8 Å². The zero-order valence-corrected chi connectivity index (χ0v) is 17.1. The molecule has 2 atom stereocenters. The van der Waals surface area contributed by atoms with Gasteiger partial charge in [-0.1, -0.05) is 25.3 Å². The first kappa shape index (κ1) is 18.9. The Morgan fingerprint density at radius 3 is 1.85 bits per heavy atom. The molecule has 3 fully saturated rings. The average Bonchev–Trinajstić information content (AvgIpc) is 3.22. The average molecular weight is 377 g/mol. The summed E-state index contributed by atoms with van der Waals surface area (Å²) in [7, 11) is 0. The van der Waals surface area contributed by atoms with Crippen LogP contribution in [0.3, 0.4) is 0 Å². The number of likely N-dealkylation sites (tertiary alicyclic amines) is 2. The highest BCUT2D eigenvalue weighted by molar-refractivity contribution is 7.10. The van der Waals surface area contributed by atoms with Gasteiger partial charge >= 0.3 is 0 Å². The third-order valence-corrected chi connectivity index (χ3v) is 8.13. The summed E-state index contributed by atoms with van der Waals surface area (Å²) in [5.41, 5.74) is -0.624. The quantitative estimate of drug-likeness (QED) is 0.829. The summed E-state index contributed by atoms with van der Waals surface area (Å²) in [4.78, 5) is 6.49. The summed E-state index contributed by atoms with van der Waals surface area (Å²) >= 11 is 1.77. The monoisotopic (exact) mass is 376 g/mol. The molecule has 0 spiro atoms. The molecular formula is C22H36N2OS. The maximum absolute atomic E-state index is 12.2. The van der Waals surface area contributed by atoms with E-state index in [1.165, 1.54) is 88.8 Å². The van der Waals surface area contributed by atoms with Gasteiger partial charge in [-0.15, -0.1) is 11.3 Å². The normalized spacial score (nSPS) is 34.8. The standard InChI is InChI=1S/C22H36N2OS/c25-22(21-11-8-16-26-21)19(17-23-12-3-1-4-13-23)9-7-10-20(22)18-24-14-5-2-6-15-24/h8,11,16,19-20,25H,1-7,9-10,12-15,17-18H2. The predicted octanol–water partition coefficient (Wildman–Crippen LogP) is 4.32. The van der Waals surface area contributed by atoms with Crippen LogP contribution in [0.2, 0.25) is 0 Å². The lowest BCUT2D eigenvalue weighted by Crippen LogP contribution is -2.53. The number of hydrogen-bond acceptors (Lipinski definition) is 4. The minimum Gasteiger partial charge on any atom is -0.384 e. The van der Waals surface area contributed by atoms with Crippen molar-refractivity contribution in [3.05, 3.63) is 22.4 Å². The fourth-order valence-electron chi connectivity index (χ4n) is 5.66. The van der Waals surface area contributed by atoms with E-state index in [4.69, 9.17) is 0 Å². The second-order valence-corrected chi connectivity index (χ2v) is 9.80. The van der Waals surface area contributed by atoms with Gasteiger partial charge in [0.05, 0.1) is 0 Å². The Labute approximate surface area is 163 Å². The van der Waals surface area contributed by atoms with Gasteiger partial charge in [0.15, 0.2) is 0 Å². The molecule has 1 aromatic heterocycles. The summed E-state index contributed by atoms with van der Waals surface area (Å²) in [5.74, 6) is 0.783. The molecule has 3 nitrogen and oxygen atoms in total. The van der Waals surface area contributed by atoms with Crippen LogP contribution < -0.4 is 0 Å². The minimum atomic E-state index is -0.624. The molecule has 4 heteroatoms. The van der Waals surface area contributed by atoms with Crippen molar-refractivity contribution in [1.82, 2.24) is 9.80 Å². The molecule has 1 aromatic rings. The second-order valence-electron chi connectivity index (χ2n) is 8.85. The van der Waals surface area contributed by atoms with Crippen molar-refractivity contribution in [3.63, 3.8) is 0 Å². The maximum Gasteiger partial charge on any atom is 0.107 e. The molecule has 0 radical (unpaired) electrons. The van der Waals surface area contributed by atoms with Gasteiger partial charge in [0.1, 0.15) is 5.60 Å². The molecule has 3 heterocycles. The van der Waals surface area contributed by atoms with Crippen LogP contribution >= 0.6 is 11.3 Å². The highest BCUT2D eigenvalue weighted by Gasteiger charge is 2.49. The lowest BCUT2D eigenvalue weighted by Gasteiger charge is -2.49. The van der Waals surface area contributed by atoms with Gasteiger partial charge in [0.25, 0.3) is 0 Å². The van der Waals surface area contributed by atoms with Crippen LogP contribution in [0.1, 0.15) is 62.7 Å². The Morgan fingerprint density at radius 1 is 0.846 bits per heavy atom. The van der Waals surface area contributed by atoms with E-state index in [9.17, 15) is 5.11 Å². The molecule has 2 unspecified atom stereocenters. The number of thiophene rings is 1. The summed E-state index contributed by atoms with van der Waals surface area (Å²) in [6.07, 6.45) is 11.8. The van der Waals surface area contributed by atoms with Gasteiger partial charge in [0.2, 0.25) is 0 Å². The Kier molecular flexibility index (Phi) is 6.35. The molecular weight excluding hydrogens is 340 g/mol. The molecule has 2 aliphatic heterocycles. The highest BCUT2D eigenvalue weighted by Crippen LogP contribution is 2.48. The molecule has 0 aromatic carbocycles. The van der Waals surface area contributed by atoms with Gasteiger partial charge in [-0.25, -0.2) is 0 Å². The van der Waals surface area contributed by atoms with Crippen LogP contribution in [0.25, 0.3) is 0 Å². The zero-order valence-electron chi connectivity index (χ0n) is 16.2. The van der Waals surface area contributed by atoms with E-state index in [-0.39, 0.29) is 0 Å². The molecule has 26 heavy (non-hydrogen) atoms. The van der Waals surface area contributed by atoms with Gasteiger partial charge < -0.3 is 14.9 Å².